The number of esters is 1. The van der Waals surface area contributed by atoms with E-state index in [1.54, 1.807) is 6.92 Å². The van der Waals surface area contributed by atoms with E-state index in [4.69, 9.17) is 10.5 Å². The number of anilines is 2. The predicted octanol–water partition coefficient (Wildman–Crippen LogP) is 1.34. The minimum Gasteiger partial charge on any atom is -0.462 e. The van der Waals surface area contributed by atoms with Gasteiger partial charge in [-0.2, -0.15) is 5.26 Å². The SMILES string of the molecule is CCOC(=O)c1sc(N2CCCC(O)C2)c(C#N)c1N. The van der Waals surface area contributed by atoms with Crippen LogP contribution in [-0.4, -0.2) is 36.9 Å². The van der Waals surface area contributed by atoms with Gasteiger partial charge in [0.15, 0.2) is 0 Å². The second-order valence-corrected chi connectivity index (χ2v) is 5.60. The molecule has 0 radical (unpaired) electrons. The maximum Gasteiger partial charge on any atom is 0.350 e. The van der Waals surface area contributed by atoms with E-state index in [0.29, 0.717) is 17.1 Å². The van der Waals surface area contributed by atoms with Crippen molar-refractivity contribution in [2.24, 2.45) is 0 Å². The highest BCUT2D eigenvalue weighted by Gasteiger charge is 2.27. The van der Waals surface area contributed by atoms with Crippen molar-refractivity contribution in [2.45, 2.75) is 25.9 Å². The lowest BCUT2D eigenvalue weighted by atomic mass is 10.1. The number of carbonyl (C=O) groups is 1. The van der Waals surface area contributed by atoms with E-state index in [1.165, 1.54) is 0 Å². The molecular formula is C13H17N3O3S. The molecule has 0 aromatic carbocycles. The van der Waals surface area contributed by atoms with Gasteiger partial charge in [0.1, 0.15) is 21.5 Å². The van der Waals surface area contributed by atoms with E-state index in [2.05, 4.69) is 0 Å². The van der Waals surface area contributed by atoms with Gasteiger partial charge in [0, 0.05) is 13.1 Å². The van der Waals surface area contributed by atoms with Crippen LogP contribution in [0.2, 0.25) is 0 Å². The molecule has 1 aliphatic rings. The molecule has 7 heteroatoms. The van der Waals surface area contributed by atoms with Gasteiger partial charge in [-0.25, -0.2) is 4.79 Å². The first-order valence-corrected chi connectivity index (χ1v) is 7.32. The average molecular weight is 295 g/mol. The number of hydrogen-bond acceptors (Lipinski definition) is 7. The standard InChI is InChI=1S/C13H17N3O3S/c1-2-19-13(18)11-10(15)9(6-14)12(20-11)16-5-3-4-8(17)7-16/h8,17H,2-5,7,15H2,1H3. The maximum absolute atomic E-state index is 11.8. The van der Waals surface area contributed by atoms with Crippen molar-refractivity contribution in [1.29, 1.82) is 5.26 Å². The van der Waals surface area contributed by atoms with Gasteiger partial charge in [0.05, 0.1) is 18.4 Å². The number of hydrogen-bond donors (Lipinski definition) is 2. The third-order valence-electron chi connectivity index (χ3n) is 3.18. The highest BCUT2D eigenvalue weighted by molar-refractivity contribution is 7.18. The molecule has 6 nitrogen and oxygen atoms in total. The zero-order valence-corrected chi connectivity index (χ0v) is 12.1. The van der Waals surface area contributed by atoms with E-state index < -0.39 is 12.1 Å². The van der Waals surface area contributed by atoms with Crippen LogP contribution >= 0.6 is 11.3 Å². The number of aliphatic hydroxyl groups excluding tert-OH is 1. The number of aliphatic hydroxyl groups is 1. The molecule has 1 unspecified atom stereocenters. The number of ether oxygens (including phenoxy) is 1. The fourth-order valence-electron chi connectivity index (χ4n) is 2.25. The van der Waals surface area contributed by atoms with Gasteiger partial charge in [0.25, 0.3) is 0 Å². The minimum atomic E-state index is -0.504. The van der Waals surface area contributed by atoms with Gasteiger partial charge in [-0.05, 0) is 19.8 Å². The van der Waals surface area contributed by atoms with Crippen LogP contribution < -0.4 is 10.6 Å². The maximum atomic E-state index is 11.8. The summed E-state index contributed by atoms with van der Waals surface area (Å²) in [6, 6.07) is 2.05. The lowest BCUT2D eigenvalue weighted by molar-refractivity contribution is 0.0533. The molecule has 0 bridgehead atoms. The molecule has 0 aliphatic carbocycles. The number of rotatable bonds is 3. The number of carbonyl (C=O) groups excluding carboxylic acids is 1. The van der Waals surface area contributed by atoms with Gasteiger partial charge in [-0.1, -0.05) is 0 Å². The highest BCUT2D eigenvalue weighted by Crippen LogP contribution is 2.39. The minimum absolute atomic E-state index is 0.172. The Morgan fingerprint density at radius 3 is 3.05 bits per heavy atom. The topological polar surface area (TPSA) is 99.6 Å². The summed E-state index contributed by atoms with van der Waals surface area (Å²) in [7, 11) is 0. The quantitative estimate of drug-likeness (QED) is 0.816. The van der Waals surface area contributed by atoms with Crippen LogP contribution in [-0.2, 0) is 4.74 Å². The van der Waals surface area contributed by atoms with Gasteiger partial charge in [0.2, 0.25) is 0 Å². The van der Waals surface area contributed by atoms with Crippen LogP contribution in [0.25, 0.3) is 0 Å². The third kappa shape index (κ3) is 2.71. The van der Waals surface area contributed by atoms with E-state index in [9.17, 15) is 15.2 Å². The summed E-state index contributed by atoms with van der Waals surface area (Å²) in [5, 5.41) is 19.6. The number of nitriles is 1. The molecule has 108 valence electrons. The van der Waals surface area contributed by atoms with Crippen LogP contribution in [0.4, 0.5) is 10.7 Å². The molecule has 1 aliphatic heterocycles. The average Bonchev–Trinajstić information content (AvgIpc) is 2.76. The largest absolute Gasteiger partial charge is 0.462 e. The fourth-order valence-corrected chi connectivity index (χ4v) is 3.35. The van der Waals surface area contributed by atoms with Crippen molar-refractivity contribution in [3.8, 4) is 6.07 Å². The van der Waals surface area contributed by atoms with Gasteiger partial charge >= 0.3 is 5.97 Å². The van der Waals surface area contributed by atoms with Crippen molar-refractivity contribution < 1.29 is 14.6 Å². The van der Waals surface area contributed by atoms with Crippen molar-refractivity contribution in [3.63, 3.8) is 0 Å². The molecule has 3 N–H and O–H groups in total. The van der Waals surface area contributed by atoms with E-state index in [-0.39, 0.29) is 17.2 Å². The molecule has 0 spiro atoms. The number of piperidine rings is 1. The Hall–Kier alpha value is -1.78. The Balaban J connectivity index is 2.36. The summed E-state index contributed by atoms with van der Waals surface area (Å²) >= 11 is 1.16. The monoisotopic (exact) mass is 295 g/mol. The van der Waals surface area contributed by atoms with Crippen molar-refractivity contribution in [3.05, 3.63) is 10.4 Å². The zero-order chi connectivity index (χ0) is 14.7. The predicted molar refractivity (Wildman–Crippen MR) is 76.9 cm³/mol. The number of nitrogens with two attached hydrogens (primary N) is 1. The Kier molecular flexibility index (Phi) is 4.47. The summed E-state index contributed by atoms with van der Waals surface area (Å²) < 4.78 is 4.94. The Labute approximate surface area is 121 Å². The number of thiophene rings is 1. The Morgan fingerprint density at radius 2 is 2.45 bits per heavy atom. The summed E-state index contributed by atoms with van der Waals surface area (Å²) in [4.78, 5) is 14.0. The van der Waals surface area contributed by atoms with E-state index in [1.807, 2.05) is 11.0 Å². The molecule has 1 fully saturated rings. The fraction of sp³-hybridized carbons (Fsp3) is 0.538. The summed E-state index contributed by atoms with van der Waals surface area (Å²) in [5.41, 5.74) is 6.36. The Bertz CT molecular complexity index is 550. The molecular weight excluding hydrogens is 278 g/mol. The van der Waals surface area contributed by atoms with Crippen molar-refractivity contribution in [1.82, 2.24) is 0 Å². The molecule has 1 atom stereocenters. The van der Waals surface area contributed by atoms with E-state index in [0.717, 1.165) is 30.7 Å². The third-order valence-corrected chi connectivity index (χ3v) is 4.43. The molecule has 0 amide bonds. The Morgan fingerprint density at radius 1 is 1.70 bits per heavy atom. The molecule has 20 heavy (non-hydrogen) atoms. The lowest BCUT2D eigenvalue weighted by Gasteiger charge is -2.30. The first-order valence-electron chi connectivity index (χ1n) is 6.51. The van der Waals surface area contributed by atoms with Crippen LogP contribution in [0.15, 0.2) is 0 Å². The van der Waals surface area contributed by atoms with Crippen molar-refractivity contribution in [2.75, 3.05) is 30.3 Å². The van der Waals surface area contributed by atoms with Crippen LogP contribution in [0.1, 0.15) is 35.0 Å². The second kappa shape index (κ2) is 6.11. The summed E-state index contributed by atoms with van der Waals surface area (Å²) in [6.07, 6.45) is 1.19. The van der Waals surface area contributed by atoms with E-state index >= 15 is 0 Å². The molecule has 2 heterocycles. The lowest BCUT2D eigenvalue weighted by Crippen LogP contribution is -2.38. The second-order valence-electron chi connectivity index (χ2n) is 4.60. The molecule has 1 aromatic rings. The molecule has 1 saturated heterocycles. The van der Waals surface area contributed by atoms with Crippen LogP contribution in [0, 0.1) is 11.3 Å². The first kappa shape index (κ1) is 14.6. The first-order chi connectivity index (χ1) is 9.58. The molecule has 0 saturated carbocycles. The van der Waals surface area contributed by atoms with Crippen molar-refractivity contribution >= 4 is 28.0 Å². The van der Waals surface area contributed by atoms with Gasteiger partial charge in [-0.3, -0.25) is 0 Å². The number of nitrogens with zero attached hydrogens (tertiary/aromatic N) is 2. The normalized spacial score (nSPS) is 18.6. The molecule has 1 aromatic heterocycles. The van der Waals surface area contributed by atoms with Crippen LogP contribution in [0.5, 0.6) is 0 Å². The van der Waals surface area contributed by atoms with Gasteiger partial charge < -0.3 is 20.5 Å². The molecule has 2 rings (SSSR count). The number of nitrogen functional groups attached to an aromatic ring is 1. The van der Waals surface area contributed by atoms with Crippen LogP contribution in [0.3, 0.4) is 0 Å². The smallest absolute Gasteiger partial charge is 0.350 e. The zero-order valence-electron chi connectivity index (χ0n) is 11.3. The summed E-state index contributed by atoms with van der Waals surface area (Å²) in [5.74, 6) is -0.504. The van der Waals surface area contributed by atoms with Gasteiger partial charge in [-0.15, -0.1) is 11.3 Å². The number of β-amino-alcohol motifs (C(OH)–C–C–N with tert-alkyl or cyclic N) is 1. The summed E-state index contributed by atoms with van der Waals surface area (Å²) in [6.45, 7) is 3.18. The highest BCUT2D eigenvalue weighted by atomic mass is 32.1.